The molecule has 2 aliphatic carbocycles. The average molecular weight is 719 g/mol. The first-order valence-electron chi connectivity index (χ1n) is 15.5. The zero-order valence-electron chi connectivity index (χ0n) is 24.9. The number of fused-ring (bicyclic) bond motifs is 4. The summed E-state index contributed by atoms with van der Waals surface area (Å²) in [5, 5.41) is 5.43. The van der Waals surface area contributed by atoms with Crippen LogP contribution in [0.4, 0.5) is 0 Å². The molecule has 0 aliphatic heterocycles. The van der Waals surface area contributed by atoms with E-state index in [-0.39, 0.29) is 6.34 Å². The summed E-state index contributed by atoms with van der Waals surface area (Å²) in [6.07, 6.45) is 12.3. The van der Waals surface area contributed by atoms with Crippen molar-refractivity contribution in [2.75, 3.05) is 0 Å². The summed E-state index contributed by atoms with van der Waals surface area (Å²) >= 11 is -3.64. The number of rotatable bonds is 6. The molecule has 0 aromatic heterocycles. The van der Waals surface area contributed by atoms with Gasteiger partial charge in [0.15, 0.2) is 0 Å². The van der Waals surface area contributed by atoms with Crippen LogP contribution in [-0.4, -0.2) is 0 Å². The molecule has 6 aromatic rings. The molecule has 2 aliphatic rings. The van der Waals surface area contributed by atoms with Crippen LogP contribution in [0.3, 0.4) is 0 Å². The Labute approximate surface area is 259 Å². The zero-order chi connectivity index (χ0) is 29.1. The third kappa shape index (κ3) is 3.97. The van der Waals surface area contributed by atoms with Crippen LogP contribution < -0.4 is 0 Å². The Morgan fingerprint density at radius 3 is 1.33 bits per heavy atom. The zero-order valence-corrected chi connectivity index (χ0v) is 28.5. The minimum absolute atomic E-state index is 0.0138. The van der Waals surface area contributed by atoms with Gasteiger partial charge in [0.25, 0.3) is 0 Å². The number of benzene rings is 6. The molecule has 0 N–H and O–H groups in total. The van der Waals surface area contributed by atoms with Crippen molar-refractivity contribution >= 4 is 33.7 Å². The van der Waals surface area contributed by atoms with Crippen LogP contribution in [0.5, 0.6) is 0 Å². The van der Waals surface area contributed by atoms with Gasteiger partial charge in [-0.25, -0.2) is 0 Å². The molecule has 0 bridgehead atoms. The van der Waals surface area contributed by atoms with Crippen LogP contribution >= 0.6 is 0 Å². The van der Waals surface area contributed by atoms with Crippen LogP contribution in [0, 0.1) is 0 Å². The molecule has 208 valence electrons. The van der Waals surface area contributed by atoms with E-state index in [1.165, 1.54) is 54.9 Å². The topological polar surface area (TPSA) is 0 Å². The second-order valence-electron chi connectivity index (χ2n) is 13.0. The summed E-state index contributed by atoms with van der Waals surface area (Å²) in [4.78, 5) is 0. The first-order valence-corrected chi connectivity index (χ1v) is 26.3. The summed E-state index contributed by atoms with van der Waals surface area (Å²) in [5.41, 5.74) is 8.78. The third-order valence-corrected chi connectivity index (χ3v) is 31.3. The molecule has 0 radical (unpaired) electrons. The summed E-state index contributed by atoms with van der Waals surface area (Å²) in [6.45, 7) is 0. The van der Waals surface area contributed by atoms with E-state index >= 15 is 0 Å². The molecule has 0 saturated heterocycles. The SMILES string of the molecule is [CH3][Hf]([CH3])([C]1(Cc2cccc3ccccc23)C=Cc2ccccc21)[C]1(Cc2cccc3ccccc23)C=Cc2ccccc21. The van der Waals surface area contributed by atoms with Gasteiger partial charge in [-0.15, -0.1) is 0 Å². The standard InChI is InChI=1S/2C20H15.2CH3.Hf/c2*1-3-10-19-15(6-1)8-5-9-17(19)14-18-13-12-16-7-2-4-11-20(16)18;;;/h2*1-13H,14H2;2*1H3;. The van der Waals surface area contributed by atoms with Gasteiger partial charge in [0.2, 0.25) is 0 Å². The molecule has 1 heteroatoms. The molecule has 2 atom stereocenters. The summed E-state index contributed by atoms with van der Waals surface area (Å²) in [5.74, 6) is 0. The van der Waals surface area contributed by atoms with Crippen molar-refractivity contribution in [1.82, 2.24) is 0 Å². The Balaban J connectivity index is 1.39. The van der Waals surface area contributed by atoms with Crippen molar-refractivity contribution in [2.45, 2.75) is 28.5 Å². The van der Waals surface area contributed by atoms with Crippen LogP contribution in [0.1, 0.15) is 33.4 Å². The van der Waals surface area contributed by atoms with E-state index < -0.39 is 20.0 Å². The summed E-state index contributed by atoms with van der Waals surface area (Å²) in [7, 11) is 0. The second kappa shape index (κ2) is 10.1. The molecule has 6 aromatic carbocycles. The predicted octanol–water partition coefficient (Wildman–Crippen LogP) is 10.9. The first kappa shape index (κ1) is 26.8. The van der Waals surface area contributed by atoms with Gasteiger partial charge in [0.1, 0.15) is 0 Å². The first-order chi connectivity index (χ1) is 21.0. The van der Waals surface area contributed by atoms with Crippen molar-refractivity contribution in [3.05, 3.63) is 179 Å². The van der Waals surface area contributed by atoms with Crippen LogP contribution in [0.2, 0.25) is 9.36 Å². The van der Waals surface area contributed by atoms with Gasteiger partial charge >= 0.3 is 261 Å². The van der Waals surface area contributed by atoms with Gasteiger partial charge in [-0.3, -0.25) is 0 Å². The predicted molar refractivity (Wildman–Crippen MR) is 181 cm³/mol. The third-order valence-electron chi connectivity index (χ3n) is 10.9. The van der Waals surface area contributed by atoms with E-state index in [1.54, 1.807) is 0 Å². The molecule has 0 amide bonds. The van der Waals surface area contributed by atoms with E-state index in [0.29, 0.717) is 0 Å². The van der Waals surface area contributed by atoms with Crippen LogP contribution in [0.15, 0.2) is 146 Å². The van der Waals surface area contributed by atoms with Crippen molar-refractivity contribution in [1.29, 1.82) is 0 Å². The molecule has 43 heavy (non-hydrogen) atoms. The monoisotopic (exact) mass is 720 g/mol. The Hall–Kier alpha value is -3.81. The van der Waals surface area contributed by atoms with E-state index in [9.17, 15) is 0 Å². The molecular formula is C42H36Hf. The maximum absolute atomic E-state index is 3.64. The van der Waals surface area contributed by atoms with E-state index in [0.717, 1.165) is 12.8 Å². The number of hydrogen-bond acceptors (Lipinski definition) is 0. The minimum atomic E-state index is -3.64. The van der Waals surface area contributed by atoms with Gasteiger partial charge in [-0.05, 0) is 0 Å². The molecule has 8 rings (SSSR count). The van der Waals surface area contributed by atoms with Gasteiger partial charge in [0.05, 0.1) is 0 Å². The van der Waals surface area contributed by atoms with Crippen molar-refractivity contribution < 1.29 is 20.0 Å². The van der Waals surface area contributed by atoms with E-state index in [1.807, 2.05) is 0 Å². The van der Waals surface area contributed by atoms with E-state index in [4.69, 9.17) is 0 Å². The Morgan fingerprint density at radius 2 is 0.837 bits per heavy atom. The molecule has 2 unspecified atom stereocenters. The van der Waals surface area contributed by atoms with Gasteiger partial charge in [-0.2, -0.15) is 0 Å². The van der Waals surface area contributed by atoms with Crippen LogP contribution in [-0.2, 0) is 39.2 Å². The molecule has 0 heterocycles. The quantitative estimate of drug-likeness (QED) is 0.150. The van der Waals surface area contributed by atoms with Gasteiger partial charge in [-0.1, -0.05) is 0 Å². The Morgan fingerprint density at radius 1 is 0.442 bits per heavy atom. The van der Waals surface area contributed by atoms with Crippen molar-refractivity contribution in [2.24, 2.45) is 0 Å². The fourth-order valence-corrected chi connectivity index (χ4v) is 25.9. The number of hydrogen-bond donors (Lipinski definition) is 0. The molecular weight excluding hydrogens is 683 g/mol. The Bertz CT molecular complexity index is 1920. The molecule has 0 fully saturated rings. The van der Waals surface area contributed by atoms with Crippen LogP contribution in [0.25, 0.3) is 33.7 Å². The summed E-state index contributed by atoms with van der Waals surface area (Å²) < 4.78 is 5.50. The van der Waals surface area contributed by atoms with Gasteiger partial charge < -0.3 is 0 Å². The summed E-state index contributed by atoms with van der Waals surface area (Å²) in [6, 6.07) is 50.2. The Kier molecular flexibility index (Phi) is 6.31. The average Bonchev–Trinajstić information content (AvgIpc) is 3.62. The maximum atomic E-state index is 2.77. The van der Waals surface area contributed by atoms with E-state index in [2.05, 4.69) is 167 Å². The molecule has 0 spiro atoms. The normalized spacial score (nSPS) is 20.5. The van der Waals surface area contributed by atoms with Gasteiger partial charge in [0, 0.05) is 0 Å². The molecule has 0 nitrogen and oxygen atoms in total. The fourth-order valence-electron chi connectivity index (χ4n) is 8.47. The van der Waals surface area contributed by atoms with Crippen molar-refractivity contribution in [3.63, 3.8) is 0 Å². The number of allylic oxidation sites excluding steroid dienone is 2. The van der Waals surface area contributed by atoms with Crippen molar-refractivity contribution in [3.8, 4) is 0 Å². The molecule has 0 saturated carbocycles. The fraction of sp³-hybridized carbons (Fsp3) is 0.143. The second-order valence-corrected chi connectivity index (χ2v) is 31.1.